The summed E-state index contributed by atoms with van der Waals surface area (Å²) in [6, 6.07) is 0. The normalized spacial score (nSPS) is 24.3. The van der Waals surface area contributed by atoms with Gasteiger partial charge in [0.2, 0.25) is 0 Å². The second-order valence-corrected chi connectivity index (χ2v) is 6.48. The number of halogens is 4. The summed E-state index contributed by atoms with van der Waals surface area (Å²) in [6.07, 6.45) is -1.93. The maximum absolute atomic E-state index is 14.6. The number of rotatable bonds is 4. The molecule has 0 amide bonds. The quantitative estimate of drug-likeness (QED) is 0.793. The number of fused-ring (bicyclic) bond motifs is 3. The Morgan fingerprint density at radius 1 is 1.39 bits per heavy atom. The van der Waals surface area contributed by atoms with Crippen molar-refractivity contribution in [1.82, 2.24) is 14.7 Å². The number of ether oxygens (including phenoxy) is 1. The van der Waals surface area contributed by atoms with E-state index in [2.05, 4.69) is 5.10 Å². The molecule has 0 saturated heterocycles. The highest BCUT2D eigenvalue weighted by Crippen LogP contribution is 2.41. The van der Waals surface area contributed by atoms with Crippen molar-refractivity contribution >= 4 is 0 Å². The molecule has 0 unspecified atom stereocenters. The molecule has 4 nitrogen and oxygen atoms in total. The molecule has 0 bridgehead atoms. The van der Waals surface area contributed by atoms with Gasteiger partial charge in [-0.25, -0.2) is 8.78 Å². The van der Waals surface area contributed by atoms with E-state index >= 15 is 0 Å². The third-order valence-corrected chi connectivity index (χ3v) is 4.53. The number of hydrogen-bond acceptors (Lipinski definition) is 3. The van der Waals surface area contributed by atoms with Gasteiger partial charge in [0.25, 0.3) is 12.3 Å². The first kappa shape index (κ1) is 16.7. The minimum atomic E-state index is -2.93. The molecule has 0 N–H and O–H groups in total. The largest absolute Gasteiger partial charge is 0.375 e. The lowest BCUT2D eigenvalue weighted by atomic mass is 9.98. The minimum absolute atomic E-state index is 0.00964. The Morgan fingerprint density at radius 3 is 2.91 bits per heavy atom. The molecule has 1 aromatic heterocycles. The van der Waals surface area contributed by atoms with Crippen molar-refractivity contribution in [1.29, 1.82) is 0 Å². The smallest absolute Gasteiger partial charge is 0.289 e. The molecule has 0 spiro atoms. The lowest BCUT2D eigenvalue weighted by Crippen LogP contribution is -2.28. The molecule has 0 fully saturated rings. The van der Waals surface area contributed by atoms with Crippen molar-refractivity contribution < 1.29 is 22.3 Å². The van der Waals surface area contributed by atoms with Crippen LogP contribution >= 0.6 is 0 Å². The summed E-state index contributed by atoms with van der Waals surface area (Å²) < 4.78 is 59.8. The molecule has 8 heteroatoms. The van der Waals surface area contributed by atoms with E-state index < -0.39 is 19.0 Å². The summed E-state index contributed by atoms with van der Waals surface area (Å²) in [7, 11) is 1.91. The molecule has 0 aliphatic carbocycles. The number of alkyl halides is 4. The fourth-order valence-electron chi connectivity index (χ4n) is 3.40. The van der Waals surface area contributed by atoms with E-state index in [-0.39, 0.29) is 31.1 Å². The van der Waals surface area contributed by atoms with Gasteiger partial charge in [-0.05, 0) is 13.5 Å². The third-order valence-electron chi connectivity index (χ3n) is 4.53. The Morgan fingerprint density at radius 2 is 2.17 bits per heavy atom. The van der Waals surface area contributed by atoms with E-state index in [1.54, 1.807) is 0 Å². The zero-order chi connectivity index (χ0) is 16.6. The number of likely N-dealkylation sites (N-methyl/N-ethyl adjacent to an activating group) is 1. The van der Waals surface area contributed by atoms with Crippen LogP contribution in [0, 0.1) is 5.92 Å². The Bertz CT molecular complexity index is 561. The fraction of sp³-hybridized carbons (Fsp3) is 0.800. The Balaban J connectivity index is 1.81. The molecule has 3 rings (SSSR count). The van der Waals surface area contributed by atoms with Crippen LogP contribution in [0.5, 0.6) is 0 Å². The first-order valence-electron chi connectivity index (χ1n) is 7.88. The average Bonchev–Trinajstić information content (AvgIpc) is 2.76. The fourth-order valence-corrected chi connectivity index (χ4v) is 3.40. The average molecular weight is 335 g/mol. The lowest BCUT2D eigenvalue weighted by molar-refractivity contribution is -0.0273. The van der Waals surface area contributed by atoms with Crippen molar-refractivity contribution in [3.63, 3.8) is 0 Å². The summed E-state index contributed by atoms with van der Waals surface area (Å²) >= 11 is 0. The van der Waals surface area contributed by atoms with E-state index in [0.717, 1.165) is 12.2 Å². The van der Waals surface area contributed by atoms with Crippen molar-refractivity contribution in [3.05, 3.63) is 17.0 Å². The number of nitrogens with zero attached hydrogens (tertiary/aromatic N) is 3. The van der Waals surface area contributed by atoms with Crippen molar-refractivity contribution in [2.75, 3.05) is 26.8 Å². The molecule has 0 radical (unpaired) electrons. The molecular formula is C15H21F4N3O. The summed E-state index contributed by atoms with van der Waals surface area (Å²) in [5.41, 5.74) is 1.39. The van der Waals surface area contributed by atoms with Gasteiger partial charge >= 0.3 is 0 Å². The second kappa shape index (κ2) is 6.39. The van der Waals surface area contributed by atoms with Crippen LogP contribution in [0.25, 0.3) is 0 Å². The molecule has 3 heterocycles. The molecule has 0 aromatic carbocycles. The summed E-state index contributed by atoms with van der Waals surface area (Å²) in [5, 5.41) is 4.38. The number of hydrogen-bond donors (Lipinski definition) is 0. The molecule has 130 valence electrons. The van der Waals surface area contributed by atoms with Crippen molar-refractivity contribution in [3.8, 4) is 0 Å². The zero-order valence-electron chi connectivity index (χ0n) is 13.1. The van der Waals surface area contributed by atoms with Crippen LogP contribution < -0.4 is 0 Å². The van der Waals surface area contributed by atoms with Gasteiger partial charge in [0.1, 0.15) is 12.3 Å². The van der Waals surface area contributed by atoms with Gasteiger partial charge in [-0.2, -0.15) is 13.9 Å². The maximum atomic E-state index is 14.6. The first-order chi connectivity index (χ1) is 10.9. The third kappa shape index (κ3) is 3.52. The van der Waals surface area contributed by atoms with Crippen LogP contribution in [-0.2, 0) is 30.2 Å². The van der Waals surface area contributed by atoms with Crippen LogP contribution in [0.3, 0.4) is 0 Å². The van der Waals surface area contributed by atoms with E-state index in [1.807, 2.05) is 11.9 Å². The Kier molecular flexibility index (Phi) is 4.64. The molecular weight excluding hydrogens is 314 g/mol. The number of aromatic nitrogens is 2. The monoisotopic (exact) mass is 335 g/mol. The molecule has 1 atom stereocenters. The van der Waals surface area contributed by atoms with Gasteiger partial charge in [0, 0.05) is 44.0 Å². The minimum Gasteiger partial charge on any atom is -0.375 e. The molecule has 2 aliphatic heterocycles. The highest BCUT2D eigenvalue weighted by molar-refractivity contribution is 5.32. The Labute approximate surface area is 132 Å². The van der Waals surface area contributed by atoms with Gasteiger partial charge in [-0.3, -0.25) is 4.68 Å². The van der Waals surface area contributed by atoms with Crippen LogP contribution in [0.1, 0.15) is 29.8 Å². The van der Waals surface area contributed by atoms with Crippen molar-refractivity contribution in [2.45, 2.75) is 44.7 Å². The predicted molar refractivity (Wildman–Crippen MR) is 75.7 cm³/mol. The second-order valence-electron chi connectivity index (χ2n) is 6.48. The first-order valence-corrected chi connectivity index (χ1v) is 7.88. The highest BCUT2D eigenvalue weighted by atomic mass is 19.3. The topological polar surface area (TPSA) is 30.3 Å². The zero-order valence-corrected chi connectivity index (χ0v) is 13.1. The van der Waals surface area contributed by atoms with E-state index in [4.69, 9.17) is 4.74 Å². The maximum Gasteiger partial charge on any atom is 0.289 e. The van der Waals surface area contributed by atoms with Crippen LogP contribution in [0.2, 0.25) is 0 Å². The van der Waals surface area contributed by atoms with Crippen LogP contribution in [-0.4, -0.2) is 47.9 Å². The molecule has 23 heavy (non-hydrogen) atoms. The Hall–Kier alpha value is -1.15. The summed E-state index contributed by atoms with van der Waals surface area (Å²) in [6.45, 7) is 0.984. The summed E-state index contributed by atoms with van der Waals surface area (Å²) in [4.78, 5) is 2.01. The predicted octanol–water partition coefficient (Wildman–Crippen LogP) is 2.65. The van der Waals surface area contributed by atoms with Gasteiger partial charge in [-0.1, -0.05) is 0 Å². The SMILES string of the molecule is CN1CCc2nn3c(c2C1)C(F)(F)CC[C@H](COCC(F)F)C3. The highest BCUT2D eigenvalue weighted by Gasteiger charge is 2.43. The summed E-state index contributed by atoms with van der Waals surface area (Å²) in [5.74, 6) is -3.16. The standard InChI is InChI=1S/C15H21F4N3O/c1-21-5-3-12-11(7-21)14-15(18,19)4-2-10(6-22(14)20-12)8-23-9-13(16)17/h10,13H,2-9H2,1H3/t10-/m0/s1. The van der Waals surface area contributed by atoms with Gasteiger partial charge in [0.05, 0.1) is 12.3 Å². The van der Waals surface area contributed by atoms with Gasteiger partial charge < -0.3 is 9.64 Å². The molecule has 1 aromatic rings. The molecule has 2 aliphatic rings. The van der Waals surface area contributed by atoms with E-state index in [1.165, 1.54) is 4.68 Å². The lowest BCUT2D eigenvalue weighted by Gasteiger charge is -2.24. The van der Waals surface area contributed by atoms with Gasteiger partial charge in [-0.15, -0.1) is 0 Å². The van der Waals surface area contributed by atoms with Gasteiger partial charge in [0.15, 0.2) is 0 Å². The van der Waals surface area contributed by atoms with E-state index in [0.29, 0.717) is 25.1 Å². The van der Waals surface area contributed by atoms with E-state index in [9.17, 15) is 17.6 Å². The van der Waals surface area contributed by atoms with Crippen LogP contribution in [0.4, 0.5) is 17.6 Å². The van der Waals surface area contributed by atoms with Crippen LogP contribution in [0.15, 0.2) is 0 Å². The van der Waals surface area contributed by atoms with Crippen molar-refractivity contribution in [2.24, 2.45) is 5.92 Å². The molecule has 0 saturated carbocycles.